The zero-order valence-electron chi connectivity index (χ0n) is 14.9. The van der Waals surface area contributed by atoms with Gasteiger partial charge in [0.2, 0.25) is 0 Å². The second-order valence-corrected chi connectivity index (χ2v) is 8.10. The number of nitrogens with two attached hydrogens (primary N) is 2. The Labute approximate surface area is 177 Å². The van der Waals surface area contributed by atoms with Gasteiger partial charge in [0, 0.05) is 0 Å². The van der Waals surface area contributed by atoms with Gasteiger partial charge in [-0.25, -0.2) is 5.10 Å². The number of nitrogens with one attached hydrogen (secondary N) is 1. The maximum atomic E-state index is 11.6. The van der Waals surface area contributed by atoms with Crippen LogP contribution in [0.15, 0.2) is 52.5 Å². The zero-order valence-corrected chi connectivity index (χ0v) is 17.4. The van der Waals surface area contributed by atoms with Crippen LogP contribution in [-0.2, 0) is 20.2 Å². The van der Waals surface area contributed by atoms with Gasteiger partial charge in [-0.15, -0.1) is 17.5 Å². The van der Waals surface area contributed by atoms with Crippen molar-refractivity contribution < 1.29 is 25.9 Å². The summed E-state index contributed by atoms with van der Waals surface area (Å²) in [5.41, 5.74) is 10.6. The van der Waals surface area contributed by atoms with E-state index < -0.39 is 35.7 Å². The van der Waals surface area contributed by atoms with E-state index in [4.69, 9.17) is 11.5 Å². The Morgan fingerprint density at radius 1 is 0.933 bits per heavy atom. The van der Waals surface area contributed by atoms with Crippen LogP contribution in [0.1, 0.15) is 11.1 Å². The quantitative estimate of drug-likeness (QED) is 0.204. The minimum Gasteiger partial charge on any atom is -0.397 e. The van der Waals surface area contributed by atoms with E-state index >= 15 is 0 Å². The van der Waals surface area contributed by atoms with Crippen molar-refractivity contribution in [3.8, 4) is 0 Å². The van der Waals surface area contributed by atoms with Crippen LogP contribution in [0.2, 0.25) is 0 Å². The molecule has 162 valence electrons. The second-order valence-electron chi connectivity index (χ2n) is 5.38. The number of hydrogen-bond acceptors (Lipinski definition) is 9. The monoisotopic (exact) mass is 476 g/mol. The normalized spacial score (nSPS) is 11.4. The standard InChI is InChI=1S/C14H14N2O6S2.CH2N4.ClH/c15-11-8-10(7-6-9-4-2-1-3-5-9)13(23(17,18)19)14(12(11)16)24(20,21)22;1-2-4-5-3-1;/h1-8H,15-16H2,(H,17,18,19)(H,20,21,22);1H,(H,2,3,4,5);1H. The Morgan fingerprint density at radius 2 is 1.53 bits per heavy atom. The third-order valence-corrected chi connectivity index (χ3v) is 5.40. The van der Waals surface area contributed by atoms with Gasteiger partial charge >= 0.3 is 0 Å². The fraction of sp³-hybridized carbons (Fsp3) is 0. The summed E-state index contributed by atoms with van der Waals surface area (Å²) in [7, 11) is -10.1. The van der Waals surface area contributed by atoms with E-state index in [0.717, 1.165) is 6.07 Å². The number of rotatable bonds is 4. The largest absolute Gasteiger partial charge is 0.397 e. The Hall–Kier alpha value is -3.04. The molecule has 0 amide bonds. The minimum absolute atomic E-state index is 0. The molecule has 0 spiro atoms. The first-order chi connectivity index (χ1) is 13.5. The van der Waals surface area contributed by atoms with Gasteiger partial charge in [-0.1, -0.05) is 42.5 Å². The fourth-order valence-electron chi connectivity index (χ4n) is 2.22. The molecule has 7 N–H and O–H groups in total. The first kappa shape index (κ1) is 25.0. The topological polar surface area (TPSA) is 215 Å². The third kappa shape index (κ3) is 6.50. The minimum atomic E-state index is -5.05. The summed E-state index contributed by atoms with van der Waals surface area (Å²) in [6.07, 6.45) is 4.12. The number of nitrogens with zero attached hydrogens (tertiary/aromatic N) is 3. The predicted molar refractivity (Wildman–Crippen MR) is 112 cm³/mol. The number of tetrazole rings is 1. The lowest BCUT2D eigenvalue weighted by atomic mass is 10.1. The number of halogens is 1. The van der Waals surface area contributed by atoms with Crippen molar-refractivity contribution in [2.75, 3.05) is 11.5 Å². The number of H-pyrrole nitrogens is 1. The highest BCUT2D eigenvalue weighted by molar-refractivity contribution is 7.89. The molecule has 12 nitrogen and oxygen atoms in total. The Morgan fingerprint density at radius 3 is 1.97 bits per heavy atom. The molecule has 0 bridgehead atoms. The summed E-state index contributed by atoms with van der Waals surface area (Å²) in [4.78, 5) is -2.19. The maximum absolute atomic E-state index is 11.6. The van der Waals surface area contributed by atoms with Crippen LogP contribution < -0.4 is 11.5 Å². The molecule has 0 saturated carbocycles. The van der Waals surface area contributed by atoms with Gasteiger partial charge in [0.1, 0.15) is 16.1 Å². The Balaban J connectivity index is 0.000000655. The van der Waals surface area contributed by atoms with E-state index in [2.05, 4.69) is 20.6 Å². The summed E-state index contributed by atoms with van der Waals surface area (Å²) in [6.45, 7) is 0. The Bertz CT molecular complexity index is 1200. The smallest absolute Gasteiger partial charge is 0.298 e. The van der Waals surface area contributed by atoms with Gasteiger partial charge in [-0.05, 0) is 27.6 Å². The number of nitrogen functional groups attached to an aromatic ring is 2. The second kappa shape index (κ2) is 10.1. The number of anilines is 2. The molecular weight excluding hydrogens is 460 g/mol. The van der Waals surface area contributed by atoms with E-state index in [1.54, 1.807) is 30.3 Å². The molecule has 1 heterocycles. The van der Waals surface area contributed by atoms with Crippen molar-refractivity contribution in [3.05, 3.63) is 53.9 Å². The van der Waals surface area contributed by atoms with Crippen molar-refractivity contribution in [3.63, 3.8) is 0 Å². The number of aromatic nitrogens is 4. The lowest BCUT2D eigenvalue weighted by molar-refractivity contribution is 0.467. The molecule has 0 saturated heterocycles. The molecule has 0 aliphatic heterocycles. The molecule has 30 heavy (non-hydrogen) atoms. The van der Waals surface area contributed by atoms with Gasteiger partial charge in [0.25, 0.3) is 20.2 Å². The van der Waals surface area contributed by atoms with Crippen LogP contribution in [0.4, 0.5) is 11.4 Å². The molecule has 0 aliphatic carbocycles. The zero-order chi connectivity index (χ0) is 21.7. The van der Waals surface area contributed by atoms with Gasteiger partial charge in [0.05, 0.1) is 11.4 Å². The lowest BCUT2D eigenvalue weighted by Gasteiger charge is -2.13. The molecule has 0 fully saturated rings. The molecule has 2 aromatic carbocycles. The van der Waals surface area contributed by atoms with Crippen molar-refractivity contribution in [2.24, 2.45) is 0 Å². The van der Waals surface area contributed by atoms with Crippen LogP contribution >= 0.6 is 12.4 Å². The fourth-order valence-corrected chi connectivity index (χ4v) is 4.37. The maximum Gasteiger partial charge on any atom is 0.298 e. The number of aromatic amines is 1. The lowest BCUT2D eigenvalue weighted by Crippen LogP contribution is -2.14. The highest BCUT2D eigenvalue weighted by Crippen LogP contribution is 2.35. The highest BCUT2D eigenvalue weighted by atomic mass is 35.5. The van der Waals surface area contributed by atoms with Crippen LogP contribution in [0.25, 0.3) is 12.2 Å². The SMILES string of the molecule is Cl.Nc1cc(C=Cc2ccccc2)c(S(=O)(=O)O)c(S(=O)(=O)O)c1N.c1nnn[nH]1. The van der Waals surface area contributed by atoms with Gasteiger partial charge in [-0.2, -0.15) is 16.8 Å². The van der Waals surface area contributed by atoms with Crippen molar-refractivity contribution in [1.82, 2.24) is 20.6 Å². The van der Waals surface area contributed by atoms with Crippen molar-refractivity contribution >= 4 is 56.2 Å². The van der Waals surface area contributed by atoms with Gasteiger partial charge < -0.3 is 11.5 Å². The molecule has 0 aliphatic rings. The molecule has 3 aromatic rings. The molecule has 15 heteroatoms. The molecule has 0 radical (unpaired) electrons. The average molecular weight is 477 g/mol. The van der Waals surface area contributed by atoms with E-state index in [1.807, 2.05) is 0 Å². The van der Waals surface area contributed by atoms with Crippen LogP contribution in [-0.4, -0.2) is 46.6 Å². The molecule has 1 aromatic heterocycles. The third-order valence-electron chi connectivity index (χ3n) is 3.38. The van der Waals surface area contributed by atoms with Gasteiger partial charge in [-0.3, -0.25) is 9.11 Å². The van der Waals surface area contributed by atoms with Crippen LogP contribution in [0.3, 0.4) is 0 Å². The number of benzene rings is 2. The first-order valence-corrected chi connectivity index (χ1v) is 10.5. The highest BCUT2D eigenvalue weighted by Gasteiger charge is 2.30. The van der Waals surface area contributed by atoms with E-state index in [1.165, 1.54) is 18.5 Å². The predicted octanol–water partition coefficient (Wildman–Crippen LogP) is 1.14. The molecule has 0 atom stereocenters. The van der Waals surface area contributed by atoms with Gasteiger partial charge in [0.15, 0.2) is 0 Å². The van der Waals surface area contributed by atoms with Crippen LogP contribution in [0.5, 0.6) is 0 Å². The van der Waals surface area contributed by atoms with E-state index in [9.17, 15) is 25.9 Å². The van der Waals surface area contributed by atoms with E-state index in [0.29, 0.717) is 5.56 Å². The summed E-state index contributed by atoms with van der Waals surface area (Å²) in [5.74, 6) is 0. The van der Waals surface area contributed by atoms with Crippen molar-refractivity contribution in [2.45, 2.75) is 9.79 Å². The number of hydrogen-bond donors (Lipinski definition) is 5. The summed E-state index contributed by atoms with van der Waals surface area (Å²) < 4.78 is 65.0. The first-order valence-electron chi connectivity index (χ1n) is 7.59. The van der Waals surface area contributed by atoms with Crippen LogP contribution in [0, 0.1) is 0 Å². The van der Waals surface area contributed by atoms with E-state index in [-0.39, 0.29) is 23.7 Å². The Kier molecular flexibility index (Phi) is 8.44. The molecule has 3 rings (SSSR count). The molecule has 0 unspecified atom stereocenters. The average Bonchev–Trinajstić information content (AvgIpc) is 3.21. The summed E-state index contributed by atoms with van der Waals surface area (Å²) in [6, 6.07) is 9.78. The van der Waals surface area contributed by atoms with Crippen molar-refractivity contribution in [1.29, 1.82) is 0 Å². The summed E-state index contributed by atoms with van der Waals surface area (Å²) >= 11 is 0. The summed E-state index contributed by atoms with van der Waals surface area (Å²) in [5, 5.41) is 12.1. The molecular formula is C15H17ClN6O6S2.